The van der Waals surface area contributed by atoms with Crippen LogP contribution in [0.4, 0.5) is 26.3 Å². The Balaban J connectivity index is 1.41. The molecule has 236 valence electrons. The van der Waals surface area contributed by atoms with Gasteiger partial charge in [0.1, 0.15) is 11.5 Å². The van der Waals surface area contributed by atoms with Crippen molar-refractivity contribution in [2.24, 2.45) is 0 Å². The van der Waals surface area contributed by atoms with E-state index in [1.54, 1.807) is 6.08 Å². The van der Waals surface area contributed by atoms with Crippen LogP contribution in [0, 0.1) is 0 Å². The zero-order valence-electron chi connectivity index (χ0n) is 22.2. The summed E-state index contributed by atoms with van der Waals surface area (Å²) in [5.41, 5.74) is 1.52. The maximum atomic E-state index is 13.9. The highest BCUT2D eigenvalue weighted by atomic mass is 32.2. The number of hydrogen-bond donors (Lipinski definition) is 1. The summed E-state index contributed by atoms with van der Waals surface area (Å²) in [6.45, 7) is 4.82. The summed E-state index contributed by atoms with van der Waals surface area (Å²) in [5, 5.41) is -11.5. The lowest BCUT2D eigenvalue weighted by Gasteiger charge is -2.29. The smallest absolute Gasteiger partial charge is 0.450 e. The second kappa shape index (κ2) is 13.1. The molecule has 0 radical (unpaired) electrons. The standard InChI is InChI=1S/C27H26F6O8S2/c1-2-19-5-8-22-18-24(12-9-21(22)17-19)40-15-4-3-14-39-16-13-20-6-10-23(11-7-20)41-43(37,38)27(32,33)25(28,29)26(30,31)42(34,35)36/h2,5-12,17-18H,1,3-4,13-16H2,(H,34,35,36). The van der Waals surface area contributed by atoms with Crippen LogP contribution >= 0.6 is 0 Å². The van der Waals surface area contributed by atoms with Gasteiger partial charge in [0, 0.05) is 6.61 Å². The predicted molar refractivity (Wildman–Crippen MR) is 146 cm³/mol. The number of benzene rings is 3. The molecule has 3 rings (SSSR count). The van der Waals surface area contributed by atoms with Gasteiger partial charge < -0.3 is 13.7 Å². The van der Waals surface area contributed by atoms with Crippen molar-refractivity contribution in [1.29, 1.82) is 0 Å². The second-order valence-electron chi connectivity index (χ2n) is 9.15. The molecule has 0 amide bonds. The molecule has 0 unspecified atom stereocenters. The summed E-state index contributed by atoms with van der Waals surface area (Å²) >= 11 is 0. The highest BCUT2D eigenvalue weighted by Crippen LogP contribution is 2.50. The number of halogens is 6. The Bertz CT molecular complexity index is 1640. The van der Waals surface area contributed by atoms with E-state index in [0.717, 1.165) is 34.2 Å². The van der Waals surface area contributed by atoms with Crippen molar-refractivity contribution in [2.45, 2.75) is 35.7 Å². The van der Waals surface area contributed by atoms with Gasteiger partial charge in [0.05, 0.1) is 13.2 Å². The van der Waals surface area contributed by atoms with Crippen molar-refractivity contribution < 1.29 is 61.4 Å². The van der Waals surface area contributed by atoms with Gasteiger partial charge in [-0.2, -0.15) is 43.2 Å². The molecule has 0 fully saturated rings. The van der Waals surface area contributed by atoms with E-state index in [1.165, 1.54) is 12.1 Å². The lowest BCUT2D eigenvalue weighted by atomic mass is 10.1. The van der Waals surface area contributed by atoms with E-state index >= 15 is 0 Å². The lowest BCUT2D eigenvalue weighted by Crippen LogP contribution is -2.61. The van der Waals surface area contributed by atoms with Crippen LogP contribution in [0.1, 0.15) is 24.0 Å². The highest BCUT2D eigenvalue weighted by Gasteiger charge is 2.83. The van der Waals surface area contributed by atoms with Crippen molar-refractivity contribution in [1.82, 2.24) is 0 Å². The van der Waals surface area contributed by atoms with Gasteiger partial charge in [-0.05, 0) is 71.5 Å². The number of ether oxygens (including phenoxy) is 2. The molecule has 0 spiro atoms. The molecule has 0 bridgehead atoms. The molecule has 3 aromatic rings. The average molecular weight is 657 g/mol. The first-order valence-electron chi connectivity index (χ1n) is 12.4. The fraction of sp³-hybridized carbons (Fsp3) is 0.333. The number of fused-ring (bicyclic) bond motifs is 1. The van der Waals surface area contributed by atoms with Crippen LogP contribution in [0.3, 0.4) is 0 Å². The Morgan fingerprint density at radius 1 is 0.744 bits per heavy atom. The maximum Gasteiger partial charge on any atom is 0.450 e. The van der Waals surface area contributed by atoms with Gasteiger partial charge in [0.2, 0.25) is 0 Å². The summed E-state index contributed by atoms with van der Waals surface area (Å²) in [6.07, 6.45) is 3.43. The first-order valence-corrected chi connectivity index (χ1v) is 15.3. The molecule has 0 heterocycles. The number of rotatable bonds is 16. The molecule has 0 aliphatic rings. The van der Waals surface area contributed by atoms with E-state index in [-0.39, 0.29) is 13.0 Å². The Morgan fingerprint density at radius 2 is 1.33 bits per heavy atom. The van der Waals surface area contributed by atoms with Crippen molar-refractivity contribution in [2.75, 3.05) is 19.8 Å². The van der Waals surface area contributed by atoms with Crippen LogP contribution in [-0.4, -0.2) is 57.6 Å². The van der Waals surface area contributed by atoms with Crippen molar-refractivity contribution in [3.05, 3.63) is 78.4 Å². The summed E-state index contributed by atoms with van der Waals surface area (Å²) in [6, 6.07) is 15.7. The van der Waals surface area contributed by atoms with Crippen LogP contribution in [0.5, 0.6) is 11.5 Å². The minimum Gasteiger partial charge on any atom is -0.494 e. The Kier molecular flexibility index (Phi) is 10.4. The first kappa shape index (κ1) is 34.2. The Labute approximate surface area is 243 Å². The van der Waals surface area contributed by atoms with Gasteiger partial charge in [0.15, 0.2) is 0 Å². The van der Waals surface area contributed by atoms with E-state index in [0.29, 0.717) is 31.6 Å². The molecule has 0 aromatic heterocycles. The molecular formula is C27H26F6O8S2. The molecule has 1 N–H and O–H groups in total. The normalized spacial score (nSPS) is 13.2. The van der Waals surface area contributed by atoms with E-state index in [1.807, 2.05) is 36.4 Å². The van der Waals surface area contributed by atoms with Crippen LogP contribution in [-0.2, 0) is 31.4 Å². The van der Waals surface area contributed by atoms with Crippen molar-refractivity contribution >= 4 is 37.1 Å². The van der Waals surface area contributed by atoms with Crippen LogP contribution in [0.2, 0.25) is 0 Å². The van der Waals surface area contributed by atoms with Gasteiger partial charge in [-0.1, -0.05) is 43.0 Å². The molecule has 0 saturated heterocycles. The van der Waals surface area contributed by atoms with Crippen LogP contribution < -0.4 is 8.92 Å². The molecule has 0 aliphatic carbocycles. The Morgan fingerprint density at radius 3 is 1.95 bits per heavy atom. The third-order valence-electron chi connectivity index (χ3n) is 6.06. The number of unbranched alkanes of at least 4 members (excludes halogenated alkanes) is 1. The molecule has 8 nitrogen and oxygen atoms in total. The summed E-state index contributed by atoms with van der Waals surface area (Å²) in [5.74, 6) is -7.29. The number of alkyl halides is 6. The van der Waals surface area contributed by atoms with Crippen molar-refractivity contribution in [3.8, 4) is 11.5 Å². The number of hydrogen-bond acceptors (Lipinski definition) is 7. The SMILES string of the molecule is C=Cc1ccc2cc(OCCCCOCCc3ccc(OS(=O)(=O)C(F)(F)C(F)(F)C(F)(F)S(=O)(=O)O)cc3)ccc2c1. The third-order valence-corrected chi connectivity index (χ3v) is 8.26. The highest BCUT2D eigenvalue weighted by molar-refractivity contribution is 7.88. The second-order valence-corrected chi connectivity index (χ2v) is 12.2. The third kappa shape index (κ3) is 7.60. The quantitative estimate of drug-likeness (QED) is 0.0825. The van der Waals surface area contributed by atoms with Crippen molar-refractivity contribution in [3.63, 3.8) is 0 Å². The summed E-state index contributed by atoms with van der Waals surface area (Å²) < 4.78 is 149. The average Bonchev–Trinajstić information content (AvgIpc) is 2.93. The zero-order chi connectivity index (χ0) is 32.1. The molecule has 0 saturated carbocycles. The largest absolute Gasteiger partial charge is 0.494 e. The zero-order valence-corrected chi connectivity index (χ0v) is 23.8. The fourth-order valence-electron chi connectivity index (χ4n) is 3.63. The van der Waals surface area contributed by atoms with E-state index in [2.05, 4.69) is 10.8 Å². The fourth-order valence-corrected chi connectivity index (χ4v) is 5.05. The van der Waals surface area contributed by atoms with E-state index < -0.39 is 42.4 Å². The monoisotopic (exact) mass is 656 g/mol. The van der Waals surface area contributed by atoms with Gasteiger partial charge >= 0.3 is 36.7 Å². The van der Waals surface area contributed by atoms with Gasteiger partial charge in [-0.25, -0.2) is 0 Å². The van der Waals surface area contributed by atoms with Crippen LogP contribution in [0.25, 0.3) is 16.8 Å². The van der Waals surface area contributed by atoms with Gasteiger partial charge in [-0.3, -0.25) is 4.55 Å². The van der Waals surface area contributed by atoms with E-state index in [9.17, 15) is 43.2 Å². The van der Waals surface area contributed by atoms with Gasteiger partial charge in [0.25, 0.3) is 0 Å². The first-order chi connectivity index (χ1) is 19.9. The molecule has 43 heavy (non-hydrogen) atoms. The molecule has 3 aromatic carbocycles. The lowest BCUT2D eigenvalue weighted by molar-refractivity contribution is -0.247. The molecule has 0 aliphatic heterocycles. The molecule has 0 atom stereocenters. The summed E-state index contributed by atoms with van der Waals surface area (Å²) in [7, 11) is -14.0. The topological polar surface area (TPSA) is 116 Å². The maximum absolute atomic E-state index is 13.9. The minimum atomic E-state index is -7.12. The summed E-state index contributed by atoms with van der Waals surface area (Å²) in [4.78, 5) is 0. The van der Waals surface area contributed by atoms with Crippen LogP contribution in [0.15, 0.2) is 67.2 Å². The molecular weight excluding hydrogens is 630 g/mol. The Hall–Kier alpha value is -3.34. The van der Waals surface area contributed by atoms with Gasteiger partial charge in [-0.15, -0.1) is 0 Å². The molecule has 16 heteroatoms. The van der Waals surface area contributed by atoms with E-state index in [4.69, 9.17) is 14.0 Å². The predicted octanol–water partition coefficient (Wildman–Crippen LogP) is 6.32. The minimum absolute atomic E-state index is 0.214.